The topological polar surface area (TPSA) is 62.5 Å². The van der Waals surface area contributed by atoms with E-state index in [0.29, 0.717) is 17.1 Å². The Morgan fingerprint density at radius 2 is 1.89 bits per heavy atom. The van der Waals surface area contributed by atoms with Crippen molar-refractivity contribution in [2.24, 2.45) is 5.92 Å². The first-order chi connectivity index (χ1) is 8.49. The second-order valence-corrected chi connectivity index (χ2v) is 4.48. The van der Waals surface area contributed by atoms with Crippen molar-refractivity contribution in [1.29, 1.82) is 5.26 Å². The highest BCUT2D eigenvalue weighted by molar-refractivity contribution is 5.45. The second kappa shape index (κ2) is 5.74. The van der Waals surface area contributed by atoms with E-state index in [1.165, 1.54) is 0 Å². The highest BCUT2D eigenvalue weighted by Crippen LogP contribution is 2.37. The first-order valence-electron chi connectivity index (χ1n) is 5.81. The molecule has 1 rings (SSSR count). The van der Waals surface area contributed by atoms with E-state index in [2.05, 4.69) is 0 Å². The number of methoxy groups -OCH3 is 2. The van der Waals surface area contributed by atoms with Crippen molar-refractivity contribution in [3.63, 3.8) is 0 Å². The molecule has 0 saturated carbocycles. The Hall–Kier alpha value is -1.73. The molecule has 4 heteroatoms. The van der Waals surface area contributed by atoms with Crippen LogP contribution in [0.4, 0.5) is 0 Å². The van der Waals surface area contributed by atoms with Crippen molar-refractivity contribution < 1.29 is 14.6 Å². The maximum Gasteiger partial charge on any atom is 0.161 e. The molecule has 0 aromatic heterocycles. The molecule has 0 bridgehead atoms. The zero-order valence-electron chi connectivity index (χ0n) is 11.2. The SMILES string of the molecule is COc1ccc(C(O)(CC#N)C(C)C)cc1OC. The fourth-order valence-corrected chi connectivity index (χ4v) is 1.87. The van der Waals surface area contributed by atoms with Gasteiger partial charge in [0.25, 0.3) is 0 Å². The molecule has 0 amide bonds. The van der Waals surface area contributed by atoms with Crippen molar-refractivity contribution in [3.05, 3.63) is 23.8 Å². The van der Waals surface area contributed by atoms with Crippen LogP contribution in [0.15, 0.2) is 18.2 Å². The lowest BCUT2D eigenvalue weighted by molar-refractivity contribution is -0.00592. The Balaban J connectivity index is 3.27. The van der Waals surface area contributed by atoms with E-state index in [0.717, 1.165) is 0 Å². The van der Waals surface area contributed by atoms with Crippen LogP contribution in [0.3, 0.4) is 0 Å². The van der Waals surface area contributed by atoms with Gasteiger partial charge in [-0.1, -0.05) is 19.9 Å². The van der Waals surface area contributed by atoms with Crippen LogP contribution >= 0.6 is 0 Å². The van der Waals surface area contributed by atoms with Gasteiger partial charge in [-0.25, -0.2) is 0 Å². The number of aliphatic hydroxyl groups is 1. The third-order valence-corrected chi connectivity index (χ3v) is 3.19. The minimum atomic E-state index is -1.17. The molecule has 0 radical (unpaired) electrons. The largest absolute Gasteiger partial charge is 0.493 e. The number of benzene rings is 1. The zero-order chi connectivity index (χ0) is 13.8. The van der Waals surface area contributed by atoms with Crippen molar-refractivity contribution in [1.82, 2.24) is 0 Å². The number of nitrogens with zero attached hydrogens (tertiary/aromatic N) is 1. The summed E-state index contributed by atoms with van der Waals surface area (Å²) < 4.78 is 10.4. The van der Waals surface area contributed by atoms with Crippen molar-refractivity contribution >= 4 is 0 Å². The minimum Gasteiger partial charge on any atom is -0.493 e. The Morgan fingerprint density at radius 1 is 1.28 bits per heavy atom. The number of nitriles is 1. The highest BCUT2D eigenvalue weighted by Gasteiger charge is 2.33. The van der Waals surface area contributed by atoms with Crippen LogP contribution in [0.2, 0.25) is 0 Å². The molecule has 1 unspecified atom stereocenters. The molecule has 0 aliphatic rings. The molecule has 1 aromatic rings. The molecule has 0 fully saturated rings. The third-order valence-electron chi connectivity index (χ3n) is 3.19. The first-order valence-corrected chi connectivity index (χ1v) is 5.81. The molecule has 1 N–H and O–H groups in total. The van der Waals surface area contributed by atoms with Crippen molar-refractivity contribution in [2.75, 3.05) is 14.2 Å². The van der Waals surface area contributed by atoms with Crippen molar-refractivity contribution in [2.45, 2.75) is 25.9 Å². The summed E-state index contributed by atoms with van der Waals surface area (Å²) in [5.41, 5.74) is -0.509. The van der Waals surface area contributed by atoms with Crippen LogP contribution in [0.25, 0.3) is 0 Å². The molecule has 4 nitrogen and oxygen atoms in total. The van der Waals surface area contributed by atoms with Gasteiger partial charge in [0.2, 0.25) is 0 Å². The summed E-state index contributed by atoms with van der Waals surface area (Å²) in [6, 6.07) is 7.25. The van der Waals surface area contributed by atoms with E-state index < -0.39 is 5.60 Å². The summed E-state index contributed by atoms with van der Waals surface area (Å²) in [5, 5.41) is 19.5. The summed E-state index contributed by atoms with van der Waals surface area (Å²) in [6.45, 7) is 3.77. The van der Waals surface area contributed by atoms with E-state index in [9.17, 15) is 5.11 Å². The van der Waals surface area contributed by atoms with E-state index in [4.69, 9.17) is 14.7 Å². The predicted molar refractivity (Wildman–Crippen MR) is 68.5 cm³/mol. The maximum atomic E-state index is 10.6. The van der Waals surface area contributed by atoms with Gasteiger partial charge in [-0.2, -0.15) is 5.26 Å². The summed E-state index contributed by atoms with van der Waals surface area (Å²) in [6.07, 6.45) is 0.0418. The molecule has 0 aliphatic heterocycles. The van der Waals surface area contributed by atoms with E-state index in [1.54, 1.807) is 32.4 Å². The van der Waals surface area contributed by atoms with E-state index in [-0.39, 0.29) is 12.3 Å². The standard InChI is InChI=1S/C14H19NO3/c1-10(2)14(16,7-8-15)11-5-6-12(17-3)13(9-11)18-4/h5-6,9-10,16H,7H2,1-4H3. The molecule has 0 heterocycles. The van der Waals surface area contributed by atoms with Gasteiger partial charge in [-0.15, -0.1) is 0 Å². The quantitative estimate of drug-likeness (QED) is 0.870. The first kappa shape index (κ1) is 14.3. The minimum absolute atomic E-state index is 0.0418. The van der Waals surface area contributed by atoms with Crippen LogP contribution < -0.4 is 9.47 Å². The van der Waals surface area contributed by atoms with Gasteiger partial charge in [-0.3, -0.25) is 0 Å². The molecule has 0 saturated heterocycles. The van der Waals surface area contributed by atoms with Crippen LogP contribution in [0, 0.1) is 17.2 Å². The normalized spacial score (nSPS) is 13.8. The van der Waals surface area contributed by atoms with Gasteiger partial charge in [0, 0.05) is 0 Å². The molecule has 0 aliphatic carbocycles. The van der Waals surface area contributed by atoms with E-state index in [1.807, 2.05) is 19.9 Å². The zero-order valence-corrected chi connectivity index (χ0v) is 11.2. The Kier molecular flexibility index (Phi) is 4.57. The number of rotatable bonds is 5. The van der Waals surface area contributed by atoms with Gasteiger partial charge in [0.05, 0.1) is 26.7 Å². The molecule has 98 valence electrons. The Morgan fingerprint density at radius 3 is 2.33 bits per heavy atom. The lowest BCUT2D eigenvalue weighted by Gasteiger charge is -2.30. The summed E-state index contributed by atoms with van der Waals surface area (Å²) in [4.78, 5) is 0. The van der Waals surface area contributed by atoms with Crippen LogP contribution in [-0.4, -0.2) is 19.3 Å². The lowest BCUT2D eigenvalue weighted by atomic mass is 9.81. The average Bonchev–Trinajstić information content (AvgIpc) is 2.37. The lowest BCUT2D eigenvalue weighted by Crippen LogP contribution is -2.31. The highest BCUT2D eigenvalue weighted by atomic mass is 16.5. The van der Waals surface area contributed by atoms with Crippen LogP contribution in [0.1, 0.15) is 25.8 Å². The van der Waals surface area contributed by atoms with Crippen LogP contribution in [0.5, 0.6) is 11.5 Å². The van der Waals surface area contributed by atoms with Gasteiger partial charge >= 0.3 is 0 Å². The number of hydrogen-bond donors (Lipinski definition) is 1. The smallest absolute Gasteiger partial charge is 0.161 e. The molecular formula is C14H19NO3. The molecule has 1 aromatic carbocycles. The molecule has 18 heavy (non-hydrogen) atoms. The summed E-state index contributed by atoms with van der Waals surface area (Å²) in [5.74, 6) is 1.08. The van der Waals surface area contributed by atoms with Crippen LogP contribution in [-0.2, 0) is 5.60 Å². The third kappa shape index (κ3) is 2.57. The Bertz CT molecular complexity index is 451. The summed E-state index contributed by atoms with van der Waals surface area (Å²) in [7, 11) is 3.10. The second-order valence-electron chi connectivity index (χ2n) is 4.48. The Labute approximate surface area is 108 Å². The fourth-order valence-electron chi connectivity index (χ4n) is 1.87. The number of ether oxygens (including phenoxy) is 2. The van der Waals surface area contributed by atoms with Gasteiger partial charge < -0.3 is 14.6 Å². The predicted octanol–water partition coefficient (Wildman–Crippen LogP) is 2.46. The van der Waals surface area contributed by atoms with Gasteiger partial charge in [0.15, 0.2) is 11.5 Å². The fraction of sp³-hybridized carbons (Fsp3) is 0.500. The number of hydrogen-bond acceptors (Lipinski definition) is 4. The summed E-state index contributed by atoms with van der Waals surface area (Å²) >= 11 is 0. The van der Waals surface area contributed by atoms with E-state index >= 15 is 0 Å². The van der Waals surface area contributed by atoms with Gasteiger partial charge in [0.1, 0.15) is 5.60 Å². The molecule has 0 spiro atoms. The average molecular weight is 249 g/mol. The van der Waals surface area contributed by atoms with Gasteiger partial charge in [-0.05, 0) is 23.6 Å². The van der Waals surface area contributed by atoms with Crippen molar-refractivity contribution in [3.8, 4) is 17.6 Å². The maximum absolute atomic E-state index is 10.6. The molecular weight excluding hydrogens is 230 g/mol. The monoisotopic (exact) mass is 249 g/mol. The molecule has 1 atom stereocenters.